The fourth-order valence-corrected chi connectivity index (χ4v) is 0.998. The van der Waals surface area contributed by atoms with E-state index < -0.39 is 6.09 Å². The van der Waals surface area contributed by atoms with E-state index in [1.54, 1.807) is 0 Å². The average Bonchev–Trinajstić information content (AvgIpc) is 1.87. The normalized spacial score (nSPS) is 12.5. The third-order valence-electron chi connectivity index (χ3n) is 1.64. The number of amides is 1. The highest BCUT2D eigenvalue weighted by Gasteiger charge is 2.01. The number of ether oxygens (including phenoxy) is 1. The lowest BCUT2D eigenvalue weighted by Gasteiger charge is -2.08. The molecule has 1 amide bonds. The van der Waals surface area contributed by atoms with Crippen molar-refractivity contribution in [1.82, 2.24) is 0 Å². The van der Waals surface area contributed by atoms with E-state index in [4.69, 9.17) is 5.73 Å². The molecule has 0 spiro atoms. The van der Waals surface area contributed by atoms with Gasteiger partial charge < -0.3 is 10.5 Å². The van der Waals surface area contributed by atoms with Crippen LogP contribution in [0.1, 0.15) is 33.1 Å². The van der Waals surface area contributed by atoms with E-state index in [1.807, 2.05) is 0 Å². The van der Waals surface area contributed by atoms with Crippen molar-refractivity contribution in [2.45, 2.75) is 33.1 Å². The number of rotatable bonds is 5. The zero-order valence-corrected chi connectivity index (χ0v) is 7.30. The van der Waals surface area contributed by atoms with Gasteiger partial charge in [0.15, 0.2) is 0 Å². The van der Waals surface area contributed by atoms with Gasteiger partial charge in [0.25, 0.3) is 0 Å². The van der Waals surface area contributed by atoms with Gasteiger partial charge in [0.2, 0.25) is 0 Å². The van der Waals surface area contributed by atoms with Crippen molar-refractivity contribution in [3.8, 4) is 0 Å². The molecule has 0 radical (unpaired) electrons. The summed E-state index contributed by atoms with van der Waals surface area (Å²) in [5.74, 6) is 0.624. The topological polar surface area (TPSA) is 52.3 Å². The van der Waals surface area contributed by atoms with Crippen LogP contribution in [0, 0.1) is 5.92 Å². The van der Waals surface area contributed by atoms with E-state index in [0.29, 0.717) is 12.5 Å². The Morgan fingerprint density at radius 3 is 2.64 bits per heavy atom. The van der Waals surface area contributed by atoms with Crippen LogP contribution < -0.4 is 5.73 Å². The highest BCUT2D eigenvalue weighted by molar-refractivity contribution is 5.64. The van der Waals surface area contributed by atoms with Crippen molar-refractivity contribution in [3.05, 3.63) is 0 Å². The molecule has 0 fully saturated rings. The maximum Gasteiger partial charge on any atom is 0.404 e. The van der Waals surface area contributed by atoms with Gasteiger partial charge >= 0.3 is 6.09 Å². The van der Waals surface area contributed by atoms with Crippen LogP contribution in [0.5, 0.6) is 0 Å². The van der Waals surface area contributed by atoms with Crippen LogP contribution in [-0.2, 0) is 4.74 Å². The van der Waals surface area contributed by atoms with Crippen LogP contribution >= 0.6 is 0 Å². The highest BCUT2D eigenvalue weighted by Crippen LogP contribution is 2.09. The van der Waals surface area contributed by atoms with Gasteiger partial charge in [0, 0.05) is 0 Å². The second-order valence-corrected chi connectivity index (χ2v) is 2.85. The van der Waals surface area contributed by atoms with Crippen LogP contribution in [0.3, 0.4) is 0 Å². The molecule has 0 heterocycles. The Labute approximate surface area is 67.9 Å². The largest absolute Gasteiger partial charge is 0.450 e. The fourth-order valence-electron chi connectivity index (χ4n) is 0.998. The maximum absolute atomic E-state index is 10.1. The summed E-state index contributed by atoms with van der Waals surface area (Å²) >= 11 is 0. The maximum atomic E-state index is 10.1. The lowest BCUT2D eigenvalue weighted by atomic mass is 10.0. The molecule has 11 heavy (non-hydrogen) atoms. The van der Waals surface area contributed by atoms with Gasteiger partial charge in [0.05, 0.1) is 6.61 Å². The Morgan fingerprint density at radius 1 is 1.55 bits per heavy atom. The van der Waals surface area contributed by atoms with Crippen LogP contribution in [0.15, 0.2) is 0 Å². The first-order valence-electron chi connectivity index (χ1n) is 4.09. The molecule has 1 unspecified atom stereocenters. The SMILES string of the molecule is CCCC(C)CCOC(N)=O. The van der Waals surface area contributed by atoms with Gasteiger partial charge in [-0.05, 0) is 12.3 Å². The second kappa shape index (κ2) is 6.01. The summed E-state index contributed by atoms with van der Waals surface area (Å²) in [5, 5.41) is 0. The quantitative estimate of drug-likeness (QED) is 0.666. The van der Waals surface area contributed by atoms with E-state index in [-0.39, 0.29) is 0 Å². The third kappa shape index (κ3) is 7.16. The molecule has 2 N–H and O–H groups in total. The lowest BCUT2D eigenvalue weighted by molar-refractivity contribution is 0.149. The summed E-state index contributed by atoms with van der Waals surface area (Å²) in [6.07, 6.45) is 2.60. The van der Waals surface area contributed by atoms with E-state index in [0.717, 1.165) is 6.42 Å². The molecule has 0 aromatic rings. The highest BCUT2D eigenvalue weighted by atomic mass is 16.5. The van der Waals surface area contributed by atoms with Crippen molar-refractivity contribution >= 4 is 6.09 Å². The zero-order chi connectivity index (χ0) is 8.69. The Morgan fingerprint density at radius 2 is 2.18 bits per heavy atom. The molecule has 3 heteroatoms. The van der Waals surface area contributed by atoms with Crippen molar-refractivity contribution in [3.63, 3.8) is 0 Å². The first-order chi connectivity index (χ1) is 5.16. The predicted octanol–water partition coefficient (Wildman–Crippen LogP) is 1.91. The summed E-state index contributed by atoms with van der Waals surface area (Å²) in [4.78, 5) is 10.1. The number of nitrogens with two attached hydrogens (primary N) is 1. The molecule has 0 bridgehead atoms. The number of carbonyl (C=O) groups is 1. The molecule has 0 saturated carbocycles. The van der Waals surface area contributed by atoms with Crippen LogP contribution in [0.25, 0.3) is 0 Å². The molecule has 0 rings (SSSR count). The lowest BCUT2D eigenvalue weighted by Crippen LogP contribution is -2.14. The zero-order valence-electron chi connectivity index (χ0n) is 7.30. The number of carbonyl (C=O) groups excluding carboxylic acids is 1. The van der Waals surface area contributed by atoms with Gasteiger partial charge in [-0.15, -0.1) is 0 Å². The Balaban J connectivity index is 3.16. The van der Waals surface area contributed by atoms with Crippen LogP contribution in [0.2, 0.25) is 0 Å². The molecule has 66 valence electrons. The molecule has 1 atom stereocenters. The second-order valence-electron chi connectivity index (χ2n) is 2.85. The van der Waals surface area contributed by atoms with Crippen LogP contribution in [0.4, 0.5) is 4.79 Å². The van der Waals surface area contributed by atoms with Crippen molar-refractivity contribution < 1.29 is 9.53 Å². The number of primary amides is 1. The summed E-state index contributed by atoms with van der Waals surface area (Å²) in [5.41, 5.74) is 4.79. The van der Waals surface area contributed by atoms with Gasteiger partial charge in [-0.2, -0.15) is 0 Å². The van der Waals surface area contributed by atoms with Crippen molar-refractivity contribution in [2.75, 3.05) is 6.61 Å². The van der Waals surface area contributed by atoms with E-state index in [2.05, 4.69) is 18.6 Å². The van der Waals surface area contributed by atoms with E-state index in [9.17, 15) is 4.79 Å². The first-order valence-corrected chi connectivity index (χ1v) is 4.09. The minimum Gasteiger partial charge on any atom is -0.450 e. The summed E-state index contributed by atoms with van der Waals surface area (Å²) in [7, 11) is 0. The summed E-state index contributed by atoms with van der Waals surface area (Å²) in [6, 6.07) is 0. The minimum absolute atomic E-state index is 0.455. The number of hydrogen-bond donors (Lipinski definition) is 1. The Bertz CT molecular complexity index is 115. The number of hydrogen-bond acceptors (Lipinski definition) is 2. The Kier molecular flexibility index (Phi) is 5.61. The van der Waals surface area contributed by atoms with Crippen molar-refractivity contribution in [2.24, 2.45) is 11.7 Å². The van der Waals surface area contributed by atoms with Gasteiger partial charge in [-0.3, -0.25) is 0 Å². The van der Waals surface area contributed by atoms with Crippen molar-refractivity contribution in [1.29, 1.82) is 0 Å². The summed E-state index contributed by atoms with van der Waals surface area (Å²) in [6.45, 7) is 4.75. The third-order valence-corrected chi connectivity index (χ3v) is 1.64. The monoisotopic (exact) mass is 159 g/mol. The predicted molar refractivity (Wildman–Crippen MR) is 44.2 cm³/mol. The molecule has 0 aliphatic heterocycles. The molecule has 0 aromatic carbocycles. The molecule has 0 aliphatic rings. The van der Waals surface area contributed by atoms with Gasteiger partial charge in [-0.25, -0.2) is 4.79 Å². The standard InChI is InChI=1S/C8H17NO2/c1-3-4-7(2)5-6-11-8(9)10/h7H,3-6H2,1-2H3,(H2,9,10). The van der Waals surface area contributed by atoms with Crippen LogP contribution in [-0.4, -0.2) is 12.7 Å². The molecule has 3 nitrogen and oxygen atoms in total. The van der Waals surface area contributed by atoms with E-state index in [1.165, 1.54) is 12.8 Å². The molecular weight excluding hydrogens is 142 g/mol. The van der Waals surface area contributed by atoms with Gasteiger partial charge in [-0.1, -0.05) is 26.7 Å². The molecular formula is C8H17NO2. The fraction of sp³-hybridized carbons (Fsp3) is 0.875. The minimum atomic E-state index is -0.673. The molecule has 0 saturated heterocycles. The van der Waals surface area contributed by atoms with Gasteiger partial charge in [0.1, 0.15) is 0 Å². The molecule has 0 aromatic heterocycles. The average molecular weight is 159 g/mol. The summed E-state index contributed by atoms with van der Waals surface area (Å²) < 4.78 is 4.60. The Hall–Kier alpha value is -0.730. The van der Waals surface area contributed by atoms with E-state index >= 15 is 0 Å². The first kappa shape index (κ1) is 10.3. The smallest absolute Gasteiger partial charge is 0.404 e. The molecule has 0 aliphatic carbocycles.